The molecule has 19 heavy (non-hydrogen) atoms. The van der Waals surface area contributed by atoms with Gasteiger partial charge in [0, 0.05) is 22.0 Å². The summed E-state index contributed by atoms with van der Waals surface area (Å²) in [5.41, 5.74) is 2.98. The Morgan fingerprint density at radius 2 is 1.68 bits per heavy atom. The molecule has 1 nitrogen and oxygen atoms in total. The average molecular weight is 293 g/mol. The molecule has 98 valence electrons. The number of halogens is 2. The molecule has 0 saturated carbocycles. The van der Waals surface area contributed by atoms with Crippen molar-refractivity contribution >= 4 is 29.0 Å². The van der Waals surface area contributed by atoms with E-state index in [1.165, 1.54) is 11.1 Å². The lowest BCUT2D eigenvalue weighted by atomic mass is 10.00. The first-order valence-electron chi connectivity index (χ1n) is 6.10. The Balaban J connectivity index is 2.08. The minimum Gasteiger partial charge on any atom is -0.294 e. The van der Waals surface area contributed by atoms with Crippen LogP contribution in [0, 0.1) is 6.92 Å². The topological polar surface area (TPSA) is 17.1 Å². The Bertz CT molecular complexity index is 585. The fraction of sp³-hybridized carbons (Fsp3) is 0.188. The van der Waals surface area contributed by atoms with E-state index in [1.807, 2.05) is 18.2 Å². The number of benzene rings is 2. The van der Waals surface area contributed by atoms with Gasteiger partial charge in [-0.15, -0.1) is 0 Å². The van der Waals surface area contributed by atoms with Crippen LogP contribution in [-0.4, -0.2) is 5.78 Å². The number of aryl methyl sites for hydroxylation is 2. The van der Waals surface area contributed by atoms with Gasteiger partial charge in [-0.25, -0.2) is 0 Å². The second-order valence-corrected chi connectivity index (χ2v) is 5.38. The van der Waals surface area contributed by atoms with E-state index >= 15 is 0 Å². The molecule has 0 aliphatic heterocycles. The van der Waals surface area contributed by atoms with E-state index in [-0.39, 0.29) is 5.78 Å². The maximum absolute atomic E-state index is 12.1. The fourth-order valence-corrected chi connectivity index (χ4v) is 2.52. The van der Waals surface area contributed by atoms with Gasteiger partial charge >= 0.3 is 0 Å². The first-order valence-corrected chi connectivity index (χ1v) is 6.85. The van der Waals surface area contributed by atoms with Gasteiger partial charge in [-0.3, -0.25) is 4.79 Å². The van der Waals surface area contributed by atoms with Gasteiger partial charge in [0.1, 0.15) is 0 Å². The van der Waals surface area contributed by atoms with Crippen molar-refractivity contribution in [1.29, 1.82) is 0 Å². The van der Waals surface area contributed by atoms with E-state index in [4.69, 9.17) is 23.2 Å². The van der Waals surface area contributed by atoms with Crippen molar-refractivity contribution in [2.45, 2.75) is 19.8 Å². The monoisotopic (exact) mass is 292 g/mol. The summed E-state index contributed by atoms with van der Waals surface area (Å²) in [5.74, 6) is 0.0626. The zero-order chi connectivity index (χ0) is 13.8. The minimum atomic E-state index is 0.0626. The van der Waals surface area contributed by atoms with Crippen LogP contribution in [0.15, 0.2) is 42.5 Å². The van der Waals surface area contributed by atoms with Gasteiger partial charge < -0.3 is 0 Å². The third kappa shape index (κ3) is 3.82. The maximum atomic E-state index is 12.1. The predicted molar refractivity (Wildman–Crippen MR) is 80.3 cm³/mol. The molecule has 0 aromatic heterocycles. The number of hydrogen-bond donors (Lipinski definition) is 0. The third-order valence-corrected chi connectivity index (χ3v) is 3.50. The van der Waals surface area contributed by atoms with Crippen molar-refractivity contribution in [3.63, 3.8) is 0 Å². The van der Waals surface area contributed by atoms with E-state index in [1.54, 1.807) is 18.2 Å². The van der Waals surface area contributed by atoms with Crippen LogP contribution >= 0.6 is 23.2 Å². The molecular formula is C16H14Cl2O. The van der Waals surface area contributed by atoms with E-state index < -0.39 is 0 Å². The molecule has 0 radical (unpaired) electrons. The second-order valence-electron chi connectivity index (χ2n) is 4.51. The van der Waals surface area contributed by atoms with Crippen LogP contribution in [0.3, 0.4) is 0 Å². The summed E-state index contributed by atoms with van der Waals surface area (Å²) in [7, 11) is 0. The number of ketones is 1. The Kier molecular flexibility index (Phi) is 4.62. The van der Waals surface area contributed by atoms with E-state index in [9.17, 15) is 4.79 Å². The van der Waals surface area contributed by atoms with Crippen molar-refractivity contribution < 1.29 is 4.79 Å². The number of hydrogen-bond acceptors (Lipinski definition) is 1. The standard InChI is InChI=1S/C16H14Cl2O/c1-11-4-2-3-5-12(11)6-7-16(19)13-8-14(17)10-15(18)9-13/h2-5,8-10H,6-7H2,1H3. The van der Waals surface area contributed by atoms with Gasteiger partial charge in [0.05, 0.1) is 0 Å². The number of rotatable bonds is 4. The van der Waals surface area contributed by atoms with Crippen molar-refractivity contribution in [1.82, 2.24) is 0 Å². The zero-order valence-corrected chi connectivity index (χ0v) is 12.1. The Morgan fingerprint density at radius 3 is 2.32 bits per heavy atom. The minimum absolute atomic E-state index is 0.0626. The SMILES string of the molecule is Cc1ccccc1CCC(=O)c1cc(Cl)cc(Cl)c1. The molecular weight excluding hydrogens is 279 g/mol. The second kappa shape index (κ2) is 6.23. The number of carbonyl (C=O) groups excluding carboxylic acids is 1. The molecule has 0 amide bonds. The fourth-order valence-electron chi connectivity index (χ4n) is 2.00. The molecule has 2 aromatic carbocycles. The molecule has 2 rings (SSSR count). The van der Waals surface area contributed by atoms with Crippen molar-refractivity contribution in [3.05, 3.63) is 69.2 Å². The molecule has 2 aromatic rings. The third-order valence-electron chi connectivity index (χ3n) is 3.07. The highest BCUT2D eigenvalue weighted by molar-refractivity contribution is 6.35. The van der Waals surface area contributed by atoms with Gasteiger partial charge in [-0.2, -0.15) is 0 Å². The molecule has 0 saturated heterocycles. The summed E-state index contributed by atoms with van der Waals surface area (Å²) in [6.45, 7) is 2.05. The molecule has 0 aliphatic rings. The van der Waals surface area contributed by atoms with Crippen molar-refractivity contribution in [3.8, 4) is 0 Å². The molecule has 0 spiro atoms. The highest BCUT2D eigenvalue weighted by atomic mass is 35.5. The summed E-state index contributed by atoms with van der Waals surface area (Å²) >= 11 is 11.8. The first kappa shape index (κ1) is 14.1. The van der Waals surface area contributed by atoms with Gasteiger partial charge in [0.15, 0.2) is 5.78 Å². The lowest BCUT2D eigenvalue weighted by Crippen LogP contribution is -2.02. The highest BCUT2D eigenvalue weighted by Gasteiger charge is 2.09. The van der Waals surface area contributed by atoms with E-state index in [2.05, 4.69) is 13.0 Å². The Hall–Kier alpha value is -1.31. The lowest BCUT2D eigenvalue weighted by molar-refractivity contribution is 0.0983. The molecule has 0 aliphatic carbocycles. The Labute approximate surface area is 123 Å². The van der Waals surface area contributed by atoms with Gasteiger partial charge in [-0.05, 0) is 42.7 Å². The van der Waals surface area contributed by atoms with Gasteiger partial charge in [0.25, 0.3) is 0 Å². The lowest BCUT2D eigenvalue weighted by Gasteiger charge is -2.06. The van der Waals surface area contributed by atoms with Crippen LogP contribution < -0.4 is 0 Å². The Morgan fingerprint density at radius 1 is 1.05 bits per heavy atom. The quantitative estimate of drug-likeness (QED) is 0.715. The molecule has 0 bridgehead atoms. The molecule has 0 fully saturated rings. The van der Waals surface area contributed by atoms with Crippen molar-refractivity contribution in [2.24, 2.45) is 0 Å². The van der Waals surface area contributed by atoms with Crippen LogP contribution in [-0.2, 0) is 6.42 Å². The number of carbonyl (C=O) groups is 1. The largest absolute Gasteiger partial charge is 0.294 e. The van der Waals surface area contributed by atoms with Crippen LogP contribution in [0.25, 0.3) is 0 Å². The summed E-state index contributed by atoms with van der Waals surface area (Å²) in [5, 5.41) is 0.985. The molecule has 3 heteroatoms. The zero-order valence-electron chi connectivity index (χ0n) is 10.6. The summed E-state index contributed by atoms with van der Waals surface area (Å²) in [6, 6.07) is 13.0. The smallest absolute Gasteiger partial charge is 0.163 e. The normalized spacial score (nSPS) is 10.5. The molecule has 0 unspecified atom stereocenters. The predicted octanol–water partition coefficient (Wildman–Crippen LogP) is 5.12. The van der Waals surface area contributed by atoms with E-state index in [0.29, 0.717) is 22.0 Å². The van der Waals surface area contributed by atoms with Crippen LogP contribution in [0.4, 0.5) is 0 Å². The van der Waals surface area contributed by atoms with Crippen molar-refractivity contribution in [2.75, 3.05) is 0 Å². The van der Waals surface area contributed by atoms with E-state index in [0.717, 1.165) is 6.42 Å². The number of Topliss-reactive ketones (excluding diaryl/α,β-unsaturated/α-hetero) is 1. The molecule has 0 heterocycles. The summed E-state index contributed by atoms with van der Waals surface area (Å²) in [4.78, 5) is 12.1. The highest BCUT2D eigenvalue weighted by Crippen LogP contribution is 2.21. The molecule has 0 N–H and O–H groups in total. The van der Waals surface area contributed by atoms with Crippen LogP contribution in [0.5, 0.6) is 0 Å². The summed E-state index contributed by atoms with van der Waals surface area (Å²) in [6.07, 6.45) is 1.19. The van der Waals surface area contributed by atoms with Crippen LogP contribution in [0.1, 0.15) is 27.9 Å². The average Bonchev–Trinajstić information content (AvgIpc) is 2.36. The van der Waals surface area contributed by atoms with Crippen LogP contribution in [0.2, 0.25) is 10.0 Å². The van der Waals surface area contributed by atoms with Gasteiger partial charge in [-0.1, -0.05) is 47.5 Å². The maximum Gasteiger partial charge on any atom is 0.163 e. The summed E-state index contributed by atoms with van der Waals surface area (Å²) < 4.78 is 0. The first-order chi connectivity index (χ1) is 9.06. The molecule has 0 atom stereocenters. The van der Waals surface area contributed by atoms with Gasteiger partial charge in [0.2, 0.25) is 0 Å².